The van der Waals surface area contributed by atoms with Gasteiger partial charge in [-0.1, -0.05) is 0 Å². The molecule has 10 heavy (non-hydrogen) atoms. The molecule has 0 saturated carbocycles. The predicted octanol–water partition coefficient (Wildman–Crippen LogP) is 0.901. The summed E-state index contributed by atoms with van der Waals surface area (Å²) in [6, 6.07) is 0. The highest BCUT2D eigenvalue weighted by atomic mass is 32.1. The fourth-order valence-electron chi connectivity index (χ4n) is 0.444. The van der Waals surface area contributed by atoms with Gasteiger partial charge >= 0.3 is 6.98 Å². The fraction of sp³-hybridized carbons (Fsp3) is 0.333. The quantitative estimate of drug-likeness (QED) is 0.580. The molecular formula is C3H3BF3N2S-. The van der Waals surface area contributed by atoms with E-state index in [1.165, 1.54) is 6.92 Å². The van der Waals surface area contributed by atoms with Crippen molar-refractivity contribution in [1.29, 1.82) is 0 Å². The van der Waals surface area contributed by atoms with Crippen molar-refractivity contribution in [2.45, 2.75) is 6.92 Å². The third-order valence-corrected chi connectivity index (χ3v) is 1.76. The van der Waals surface area contributed by atoms with Crippen LogP contribution in [-0.4, -0.2) is 17.2 Å². The minimum absolute atomic E-state index is 0.342. The number of hydrogen-bond acceptors (Lipinski definition) is 3. The summed E-state index contributed by atoms with van der Waals surface area (Å²) in [4.78, 5) is -0.822. The van der Waals surface area contributed by atoms with E-state index in [4.69, 9.17) is 0 Å². The van der Waals surface area contributed by atoms with E-state index in [1.807, 2.05) is 0 Å². The first-order valence-corrected chi connectivity index (χ1v) is 3.32. The Labute approximate surface area is 59.1 Å². The van der Waals surface area contributed by atoms with Gasteiger partial charge in [-0.2, -0.15) is 5.10 Å². The first kappa shape index (κ1) is 7.52. The Morgan fingerprint density at radius 1 is 1.30 bits per heavy atom. The molecule has 0 aliphatic carbocycles. The standard InChI is InChI=1S/C3H3BF3N2S/c1-2-8-9-3(10-2)4(5,6)7/h1H3/q-1. The van der Waals surface area contributed by atoms with Gasteiger partial charge in [-0.25, -0.2) is 0 Å². The van der Waals surface area contributed by atoms with E-state index in [-0.39, 0.29) is 0 Å². The van der Waals surface area contributed by atoms with Gasteiger partial charge in [0.2, 0.25) is 0 Å². The summed E-state index contributed by atoms with van der Waals surface area (Å²) in [5.74, 6) is 0. The first-order chi connectivity index (χ1) is 4.50. The molecule has 2 nitrogen and oxygen atoms in total. The Kier molecular flexibility index (Phi) is 1.67. The molecule has 1 aromatic heterocycles. The molecule has 0 spiro atoms. The van der Waals surface area contributed by atoms with Crippen molar-refractivity contribution in [3.63, 3.8) is 0 Å². The average molecular weight is 167 g/mol. The maximum absolute atomic E-state index is 11.8. The lowest BCUT2D eigenvalue weighted by Crippen LogP contribution is -2.33. The molecule has 0 atom stereocenters. The topological polar surface area (TPSA) is 25.8 Å². The molecule has 0 fully saturated rings. The zero-order valence-corrected chi connectivity index (χ0v) is 5.83. The van der Waals surface area contributed by atoms with Crippen LogP contribution in [0.1, 0.15) is 5.01 Å². The summed E-state index contributed by atoms with van der Waals surface area (Å²) in [5.41, 5.74) is 0. The highest BCUT2D eigenvalue weighted by molar-refractivity contribution is 7.22. The minimum atomic E-state index is -4.94. The second-order valence-electron chi connectivity index (χ2n) is 1.73. The van der Waals surface area contributed by atoms with E-state index in [0.717, 1.165) is 0 Å². The molecule has 0 aliphatic rings. The number of aryl methyl sites for hydroxylation is 1. The molecule has 1 rings (SSSR count). The second-order valence-corrected chi connectivity index (χ2v) is 2.95. The van der Waals surface area contributed by atoms with Gasteiger partial charge in [0.15, 0.2) is 0 Å². The van der Waals surface area contributed by atoms with Gasteiger partial charge in [0.25, 0.3) is 0 Å². The summed E-state index contributed by atoms with van der Waals surface area (Å²) in [7, 11) is 0. The van der Waals surface area contributed by atoms with Crippen molar-refractivity contribution in [1.82, 2.24) is 10.2 Å². The normalized spacial score (nSPS) is 12.0. The smallest absolute Gasteiger partial charge is 0.443 e. The summed E-state index contributed by atoms with van der Waals surface area (Å²) in [6.07, 6.45) is 0. The van der Waals surface area contributed by atoms with E-state index in [9.17, 15) is 12.9 Å². The van der Waals surface area contributed by atoms with Crippen LogP contribution >= 0.6 is 11.3 Å². The molecule has 56 valence electrons. The van der Waals surface area contributed by atoms with Crippen LogP contribution in [0.5, 0.6) is 0 Å². The van der Waals surface area contributed by atoms with Crippen LogP contribution < -0.4 is 4.91 Å². The largest absolute Gasteiger partial charge is 0.539 e. The van der Waals surface area contributed by atoms with Gasteiger partial charge in [-0.15, -0.1) is 16.4 Å². The Morgan fingerprint density at radius 2 is 1.90 bits per heavy atom. The molecule has 7 heteroatoms. The average Bonchev–Trinajstić information content (AvgIpc) is 2.11. The number of nitrogens with zero attached hydrogens (tertiary/aromatic N) is 2. The number of halogens is 3. The van der Waals surface area contributed by atoms with Crippen LogP contribution in [-0.2, 0) is 0 Å². The van der Waals surface area contributed by atoms with Crippen LogP contribution in [0.15, 0.2) is 0 Å². The molecule has 0 N–H and O–H groups in total. The van der Waals surface area contributed by atoms with Crippen LogP contribution in [0.3, 0.4) is 0 Å². The minimum Gasteiger partial charge on any atom is -0.443 e. The van der Waals surface area contributed by atoms with Crippen LogP contribution in [0, 0.1) is 6.92 Å². The van der Waals surface area contributed by atoms with E-state index in [0.29, 0.717) is 16.3 Å². The predicted molar refractivity (Wildman–Crippen MR) is 33.4 cm³/mol. The first-order valence-electron chi connectivity index (χ1n) is 2.50. The van der Waals surface area contributed by atoms with Crippen molar-refractivity contribution in [2.24, 2.45) is 0 Å². The van der Waals surface area contributed by atoms with E-state index in [2.05, 4.69) is 10.2 Å². The molecule has 0 amide bonds. The van der Waals surface area contributed by atoms with Gasteiger partial charge in [-0.3, -0.25) is 0 Å². The van der Waals surface area contributed by atoms with E-state index >= 15 is 0 Å². The summed E-state index contributed by atoms with van der Waals surface area (Å²) in [5, 5.41) is 6.55. The van der Waals surface area contributed by atoms with Crippen molar-refractivity contribution in [3.8, 4) is 0 Å². The fourth-order valence-corrected chi connectivity index (χ4v) is 1.04. The zero-order valence-electron chi connectivity index (χ0n) is 5.01. The number of aromatic nitrogens is 2. The van der Waals surface area contributed by atoms with Crippen molar-refractivity contribution in [2.75, 3.05) is 0 Å². The van der Waals surface area contributed by atoms with Crippen LogP contribution in [0.25, 0.3) is 0 Å². The summed E-state index contributed by atoms with van der Waals surface area (Å²) < 4.78 is 35.3. The third kappa shape index (κ3) is 1.47. The van der Waals surface area contributed by atoms with Gasteiger partial charge in [0.1, 0.15) is 5.01 Å². The third-order valence-electron chi connectivity index (χ3n) is 0.822. The van der Waals surface area contributed by atoms with Crippen LogP contribution in [0.4, 0.5) is 12.9 Å². The van der Waals surface area contributed by atoms with Crippen molar-refractivity contribution in [3.05, 3.63) is 5.01 Å². The SMILES string of the molecule is Cc1nnc([B-](F)(F)F)s1. The molecule has 0 bridgehead atoms. The maximum Gasteiger partial charge on any atom is 0.539 e. The maximum atomic E-state index is 11.8. The molecule has 0 saturated heterocycles. The van der Waals surface area contributed by atoms with E-state index < -0.39 is 11.9 Å². The molecule has 1 aromatic rings. The molecule has 1 heterocycles. The number of hydrogen-bond donors (Lipinski definition) is 0. The Hall–Kier alpha value is -0.585. The van der Waals surface area contributed by atoms with Gasteiger partial charge in [-0.05, 0) is 6.92 Å². The highest BCUT2D eigenvalue weighted by Crippen LogP contribution is 2.10. The monoisotopic (exact) mass is 167 g/mol. The zero-order chi connectivity index (χ0) is 7.78. The molecule has 0 aromatic carbocycles. The molecular weight excluding hydrogens is 164 g/mol. The lowest BCUT2D eigenvalue weighted by molar-refractivity contribution is 0.499. The summed E-state index contributed by atoms with van der Waals surface area (Å²) >= 11 is 0.575. The molecule has 0 radical (unpaired) electrons. The molecule has 0 unspecified atom stereocenters. The lowest BCUT2D eigenvalue weighted by atomic mass is 9.94. The Morgan fingerprint density at radius 3 is 2.10 bits per heavy atom. The summed E-state index contributed by atoms with van der Waals surface area (Å²) in [6.45, 7) is -3.45. The van der Waals surface area contributed by atoms with Gasteiger partial charge in [0, 0.05) is 0 Å². The van der Waals surface area contributed by atoms with Crippen molar-refractivity contribution < 1.29 is 12.9 Å². The second kappa shape index (κ2) is 2.23. The van der Waals surface area contributed by atoms with Gasteiger partial charge < -0.3 is 12.9 Å². The Balaban J connectivity index is 2.96. The lowest BCUT2D eigenvalue weighted by Gasteiger charge is -2.06. The molecule has 0 aliphatic heterocycles. The Bertz CT molecular complexity index is 232. The van der Waals surface area contributed by atoms with Crippen molar-refractivity contribution >= 4 is 23.2 Å². The number of rotatable bonds is 1. The van der Waals surface area contributed by atoms with Crippen LogP contribution in [0.2, 0.25) is 0 Å². The highest BCUT2D eigenvalue weighted by Gasteiger charge is 2.29. The van der Waals surface area contributed by atoms with E-state index in [1.54, 1.807) is 0 Å². The van der Waals surface area contributed by atoms with Gasteiger partial charge in [0.05, 0.1) is 4.91 Å².